The zero-order valence-corrected chi connectivity index (χ0v) is 9.90. The molecule has 2 aromatic rings. The molecule has 3 nitrogen and oxygen atoms in total. The van der Waals surface area contributed by atoms with Gasteiger partial charge in [-0.25, -0.2) is 4.98 Å². The molecule has 1 aromatic carbocycles. The molecule has 0 saturated heterocycles. The highest BCUT2D eigenvalue weighted by Crippen LogP contribution is 2.19. The fraction of sp³-hybridized carbons (Fsp3) is 0.308. The second-order valence-electron chi connectivity index (χ2n) is 4.01. The van der Waals surface area contributed by atoms with E-state index in [0.29, 0.717) is 6.61 Å². The van der Waals surface area contributed by atoms with E-state index in [1.807, 2.05) is 24.7 Å². The van der Waals surface area contributed by atoms with Crippen LogP contribution < -0.4 is 4.74 Å². The molecule has 0 bridgehead atoms. The first-order valence-electron chi connectivity index (χ1n) is 5.33. The quantitative estimate of drug-likeness (QED) is 0.788. The Morgan fingerprint density at radius 2 is 2.12 bits per heavy atom. The summed E-state index contributed by atoms with van der Waals surface area (Å²) in [5, 5.41) is 0. The number of hydrogen-bond donors (Lipinski definition) is 0. The molecule has 0 aliphatic carbocycles. The van der Waals surface area contributed by atoms with Crippen molar-refractivity contribution in [3.8, 4) is 5.75 Å². The van der Waals surface area contributed by atoms with Crippen LogP contribution in [0, 0.1) is 13.8 Å². The van der Waals surface area contributed by atoms with Gasteiger partial charge in [-0.1, -0.05) is 12.1 Å². The van der Waals surface area contributed by atoms with Crippen LogP contribution in [-0.2, 0) is 13.7 Å². The summed E-state index contributed by atoms with van der Waals surface area (Å²) in [4.78, 5) is 4.22. The maximum absolute atomic E-state index is 5.76. The molecule has 16 heavy (non-hydrogen) atoms. The van der Waals surface area contributed by atoms with Gasteiger partial charge in [0.2, 0.25) is 0 Å². The molecule has 0 N–H and O–H groups in total. The fourth-order valence-electron chi connectivity index (χ4n) is 1.54. The van der Waals surface area contributed by atoms with Crippen LogP contribution in [0.15, 0.2) is 30.6 Å². The molecule has 0 aliphatic rings. The zero-order chi connectivity index (χ0) is 11.5. The molecule has 0 aliphatic heterocycles. The summed E-state index contributed by atoms with van der Waals surface area (Å²) in [5.74, 6) is 1.86. The van der Waals surface area contributed by atoms with Crippen LogP contribution in [0.2, 0.25) is 0 Å². The summed E-state index contributed by atoms with van der Waals surface area (Å²) < 4.78 is 7.72. The number of aryl methyl sites for hydroxylation is 3. The number of ether oxygens (including phenoxy) is 1. The Bertz CT molecular complexity index is 488. The molecule has 0 fully saturated rings. The Hall–Kier alpha value is -1.77. The molecule has 0 unspecified atom stereocenters. The average molecular weight is 216 g/mol. The summed E-state index contributed by atoms with van der Waals surface area (Å²) >= 11 is 0. The van der Waals surface area contributed by atoms with Gasteiger partial charge in [-0.3, -0.25) is 0 Å². The van der Waals surface area contributed by atoms with Gasteiger partial charge in [0.05, 0.1) is 0 Å². The van der Waals surface area contributed by atoms with Crippen molar-refractivity contribution in [3.63, 3.8) is 0 Å². The number of benzene rings is 1. The Kier molecular flexibility index (Phi) is 2.95. The molecule has 0 radical (unpaired) electrons. The normalized spacial score (nSPS) is 10.4. The van der Waals surface area contributed by atoms with Gasteiger partial charge in [-0.05, 0) is 31.0 Å². The molecular formula is C13H16N2O. The van der Waals surface area contributed by atoms with E-state index in [9.17, 15) is 0 Å². The second kappa shape index (κ2) is 4.39. The SMILES string of the molecule is Cc1ccc(C)c(OCc2nccn2C)c1. The summed E-state index contributed by atoms with van der Waals surface area (Å²) in [7, 11) is 1.97. The predicted molar refractivity (Wildman–Crippen MR) is 63.5 cm³/mol. The lowest BCUT2D eigenvalue weighted by Crippen LogP contribution is -2.03. The third-order valence-electron chi connectivity index (χ3n) is 2.62. The molecule has 84 valence electrons. The molecule has 0 atom stereocenters. The van der Waals surface area contributed by atoms with E-state index in [1.54, 1.807) is 6.20 Å². The minimum absolute atomic E-state index is 0.508. The van der Waals surface area contributed by atoms with E-state index < -0.39 is 0 Å². The molecule has 1 aromatic heterocycles. The minimum Gasteiger partial charge on any atom is -0.485 e. The van der Waals surface area contributed by atoms with Crippen molar-refractivity contribution in [2.24, 2.45) is 7.05 Å². The van der Waals surface area contributed by atoms with Crippen molar-refractivity contribution in [1.29, 1.82) is 0 Å². The highest BCUT2D eigenvalue weighted by atomic mass is 16.5. The van der Waals surface area contributed by atoms with Crippen molar-refractivity contribution in [2.75, 3.05) is 0 Å². The van der Waals surface area contributed by atoms with Gasteiger partial charge in [0.15, 0.2) is 0 Å². The first-order valence-corrected chi connectivity index (χ1v) is 5.33. The minimum atomic E-state index is 0.508. The highest BCUT2D eigenvalue weighted by Gasteiger charge is 2.03. The van der Waals surface area contributed by atoms with E-state index in [2.05, 4.69) is 30.1 Å². The fourth-order valence-corrected chi connectivity index (χ4v) is 1.54. The number of aromatic nitrogens is 2. The number of imidazole rings is 1. The molecule has 0 amide bonds. The van der Waals surface area contributed by atoms with E-state index in [4.69, 9.17) is 4.74 Å². The van der Waals surface area contributed by atoms with Gasteiger partial charge in [0.25, 0.3) is 0 Å². The summed E-state index contributed by atoms with van der Waals surface area (Å²) in [6, 6.07) is 6.21. The first kappa shape index (κ1) is 10.7. The second-order valence-corrected chi connectivity index (χ2v) is 4.01. The van der Waals surface area contributed by atoms with Crippen molar-refractivity contribution in [2.45, 2.75) is 20.5 Å². The summed E-state index contributed by atoms with van der Waals surface area (Å²) in [5.41, 5.74) is 2.36. The Balaban J connectivity index is 2.10. The topological polar surface area (TPSA) is 27.1 Å². The van der Waals surface area contributed by atoms with E-state index >= 15 is 0 Å². The van der Waals surface area contributed by atoms with Crippen LogP contribution in [0.1, 0.15) is 17.0 Å². The highest BCUT2D eigenvalue weighted by molar-refractivity contribution is 5.35. The van der Waals surface area contributed by atoms with Crippen LogP contribution in [0.5, 0.6) is 5.75 Å². The molecule has 1 heterocycles. The van der Waals surface area contributed by atoms with Gasteiger partial charge >= 0.3 is 0 Å². The van der Waals surface area contributed by atoms with Gasteiger partial charge in [-0.2, -0.15) is 0 Å². The van der Waals surface area contributed by atoms with Crippen LogP contribution >= 0.6 is 0 Å². The molecule has 0 saturated carbocycles. The van der Waals surface area contributed by atoms with E-state index in [-0.39, 0.29) is 0 Å². The van der Waals surface area contributed by atoms with Crippen LogP contribution in [0.3, 0.4) is 0 Å². The molecule has 3 heteroatoms. The summed E-state index contributed by atoms with van der Waals surface area (Å²) in [6.45, 7) is 4.62. The van der Waals surface area contributed by atoms with Gasteiger partial charge in [-0.15, -0.1) is 0 Å². The third kappa shape index (κ3) is 2.24. The largest absolute Gasteiger partial charge is 0.485 e. The summed E-state index contributed by atoms with van der Waals surface area (Å²) in [6.07, 6.45) is 3.70. The lowest BCUT2D eigenvalue weighted by molar-refractivity contribution is 0.289. The van der Waals surface area contributed by atoms with Crippen molar-refractivity contribution in [1.82, 2.24) is 9.55 Å². The maximum Gasteiger partial charge on any atom is 0.146 e. The Morgan fingerprint density at radius 1 is 1.31 bits per heavy atom. The lowest BCUT2D eigenvalue weighted by Gasteiger charge is -2.09. The predicted octanol–water partition coefficient (Wildman–Crippen LogP) is 2.62. The standard InChI is InChI=1S/C13H16N2O/c1-10-4-5-11(2)12(8-10)16-9-13-14-6-7-15(13)3/h4-8H,9H2,1-3H3. The molecule has 0 spiro atoms. The van der Waals surface area contributed by atoms with Gasteiger partial charge in [0, 0.05) is 19.4 Å². The van der Waals surface area contributed by atoms with Crippen LogP contribution in [0.25, 0.3) is 0 Å². The van der Waals surface area contributed by atoms with Crippen molar-refractivity contribution < 1.29 is 4.74 Å². The number of nitrogens with zero attached hydrogens (tertiary/aromatic N) is 2. The number of hydrogen-bond acceptors (Lipinski definition) is 2. The van der Waals surface area contributed by atoms with Crippen molar-refractivity contribution >= 4 is 0 Å². The Morgan fingerprint density at radius 3 is 2.81 bits per heavy atom. The van der Waals surface area contributed by atoms with Gasteiger partial charge < -0.3 is 9.30 Å². The van der Waals surface area contributed by atoms with E-state index in [0.717, 1.165) is 17.1 Å². The Labute approximate surface area is 95.7 Å². The van der Waals surface area contributed by atoms with Gasteiger partial charge in [0.1, 0.15) is 18.2 Å². The molecule has 2 rings (SSSR count). The smallest absolute Gasteiger partial charge is 0.146 e. The number of rotatable bonds is 3. The molecular weight excluding hydrogens is 200 g/mol. The zero-order valence-electron chi connectivity index (χ0n) is 9.90. The average Bonchev–Trinajstić information content (AvgIpc) is 2.66. The van der Waals surface area contributed by atoms with Crippen molar-refractivity contribution in [3.05, 3.63) is 47.5 Å². The van der Waals surface area contributed by atoms with Crippen LogP contribution in [-0.4, -0.2) is 9.55 Å². The monoisotopic (exact) mass is 216 g/mol. The lowest BCUT2D eigenvalue weighted by atomic mass is 10.1. The van der Waals surface area contributed by atoms with Crippen LogP contribution in [0.4, 0.5) is 0 Å². The first-order chi connectivity index (χ1) is 7.66. The maximum atomic E-state index is 5.76. The third-order valence-corrected chi connectivity index (χ3v) is 2.62. The van der Waals surface area contributed by atoms with E-state index in [1.165, 1.54) is 5.56 Å².